The minimum Gasteiger partial charge on any atom is -0.346 e. The number of nitrogens with zero attached hydrogens (tertiary/aromatic N) is 2. The van der Waals surface area contributed by atoms with Gasteiger partial charge in [-0.15, -0.1) is 0 Å². The summed E-state index contributed by atoms with van der Waals surface area (Å²) in [4.78, 5) is 16.9. The first-order valence-electron chi connectivity index (χ1n) is 8.56. The highest BCUT2D eigenvalue weighted by molar-refractivity contribution is 5.79. The van der Waals surface area contributed by atoms with E-state index in [0.717, 1.165) is 11.1 Å². The molecule has 3 N–H and O–H groups in total. The van der Waals surface area contributed by atoms with Gasteiger partial charge in [0.05, 0.1) is 12.0 Å². The number of hydrogen-bond acceptors (Lipinski definition) is 5. The smallest absolute Gasteiger partial charge is 0.257 e. The first-order chi connectivity index (χ1) is 12.6. The third-order valence-corrected chi connectivity index (χ3v) is 4.35. The van der Waals surface area contributed by atoms with Crippen LogP contribution in [0.5, 0.6) is 0 Å². The summed E-state index contributed by atoms with van der Waals surface area (Å²) >= 11 is 0. The summed E-state index contributed by atoms with van der Waals surface area (Å²) in [5, 5.41) is 6.88. The van der Waals surface area contributed by atoms with Crippen molar-refractivity contribution in [2.24, 2.45) is 11.7 Å². The molecule has 0 saturated carbocycles. The van der Waals surface area contributed by atoms with Crippen LogP contribution in [0, 0.1) is 5.92 Å². The minimum absolute atomic E-state index is 0.153. The Morgan fingerprint density at radius 2 is 1.65 bits per heavy atom. The molecule has 0 spiro atoms. The Balaban J connectivity index is 1.65. The van der Waals surface area contributed by atoms with Crippen molar-refractivity contribution in [1.82, 2.24) is 15.5 Å². The van der Waals surface area contributed by atoms with Crippen LogP contribution in [-0.4, -0.2) is 16.0 Å². The van der Waals surface area contributed by atoms with Crippen LogP contribution in [0.1, 0.15) is 37.3 Å². The third kappa shape index (κ3) is 3.97. The molecule has 6 nitrogen and oxygen atoms in total. The van der Waals surface area contributed by atoms with Gasteiger partial charge in [0.25, 0.3) is 5.89 Å². The number of hydrogen-bond donors (Lipinski definition) is 2. The fraction of sp³-hybridized carbons (Fsp3) is 0.250. The Morgan fingerprint density at radius 3 is 2.31 bits per heavy atom. The summed E-state index contributed by atoms with van der Waals surface area (Å²) in [6.07, 6.45) is 0. The molecular weight excluding hydrogens is 328 g/mol. The maximum atomic E-state index is 12.5. The van der Waals surface area contributed by atoms with Crippen molar-refractivity contribution in [3.63, 3.8) is 0 Å². The molecule has 0 aliphatic carbocycles. The Hall–Kier alpha value is -2.99. The fourth-order valence-electron chi connectivity index (χ4n) is 2.65. The van der Waals surface area contributed by atoms with E-state index in [9.17, 15) is 4.79 Å². The van der Waals surface area contributed by atoms with Crippen LogP contribution in [0.15, 0.2) is 65.2 Å². The van der Waals surface area contributed by atoms with E-state index in [-0.39, 0.29) is 23.9 Å². The first-order valence-corrected chi connectivity index (χ1v) is 8.56. The second-order valence-electron chi connectivity index (χ2n) is 6.28. The van der Waals surface area contributed by atoms with E-state index in [1.807, 2.05) is 74.5 Å². The molecule has 0 aliphatic heterocycles. The van der Waals surface area contributed by atoms with Gasteiger partial charge in [-0.25, -0.2) is 0 Å². The summed E-state index contributed by atoms with van der Waals surface area (Å²) in [6, 6.07) is 18.3. The number of amides is 1. The molecule has 1 aromatic heterocycles. The summed E-state index contributed by atoms with van der Waals surface area (Å²) in [6.45, 7) is 3.63. The molecule has 26 heavy (non-hydrogen) atoms. The van der Waals surface area contributed by atoms with Crippen molar-refractivity contribution in [1.29, 1.82) is 0 Å². The molecule has 3 unspecified atom stereocenters. The van der Waals surface area contributed by atoms with Crippen molar-refractivity contribution in [2.45, 2.75) is 25.9 Å². The molecule has 3 aromatic rings. The summed E-state index contributed by atoms with van der Waals surface area (Å²) in [7, 11) is 0. The minimum atomic E-state index is -0.389. The molecule has 0 saturated heterocycles. The van der Waals surface area contributed by atoms with E-state index < -0.39 is 0 Å². The zero-order chi connectivity index (χ0) is 18.5. The monoisotopic (exact) mass is 350 g/mol. The zero-order valence-corrected chi connectivity index (χ0v) is 14.8. The molecular formula is C20H22N4O2. The van der Waals surface area contributed by atoms with Gasteiger partial charge in [0.15, 0.2) is 5.82 Å². The molecule has 1 heterocycles. The Morgan fingerprint density at radius 1 is 1.04 bits per heavy atom. The molecule has 6 heteroatoms. The molecule has 0 aliphatic rings. The fourth-order valence-corrected chi connectivity index (χ4v) is 2.65. The largest absolute Gasteiger partial charge is 0.346 e. The quantitative estimate of drug-likeness (QED) is 0.712. The SMILES string of the molecule is CC(NC(=O)C(C)C(N)c1ccccc1)c1noc(-c2ccccc2)n1. The summed E-state index contributed by atoms with van der Waals surface area (Å²) in [5.41, 5.74) is 7.99. The number of aromatic nitrogens is 2. The van der Waals surface area contributed by atoms with Crippen molar-refractivity contribution < 1.29 is 9.32 Å². The number of nitrogens with two attached hydrogens (primary N) is 1. The van der Waals surface area contributed by atoms with Crippen LogP contribution in [-0.2, 0) is 4.79 Å². The van der Waals surface area contributed by atoms with Crippen LogP contribution >= 0.6 is 0 Å². The molecule has 0 radical (unpaired) electrons. The van der Waals surface area contributed by atoms with E-state index in [4.69, 9.17) is 10.3 Å². The number of carbonyl (C=O) groups is 1. The van der Waals surface area contributed by atoms with E-state index in [1.165, 1.54) is 0 Å². The molecule has 3 rings (SSSR count). The van der Waals surface area contributed by atoms with Gasteiger partial charge in [0.2, 0.25) is 5.91 Å². The van der Waals surface area contributed by atoms with Crippen molar-refractivity contribution in [3.05, 3.63) is 72.1 Å². The van der Waals surface area contributed by atoms with Gasteiger partial charge < -0.3 is 15.6 Å². The van der Waals surface area contributed by atoms with E-state index >= 15 is 0 Å². The third-order valence-electron chi connectivity index (χ3n) is 4.35. The Bertz CT molecular complexity index is 849. The lowest BCUT2D eigenvalue weighted by molar-refractivity contribution is -0.125. The molecule has 134 valence electrons. The van der Waals surface area contributed by atoms with Gasteiger partial charge in [-0.1, -0.05) is 60.6 Å². The maximum Gasteiger partial charge on any atom is 0.257 e. The molecule has 0 bridgehead atoms. The van der Waals surface area contributed by atoms with Crippen LogP contribution in [0.4, 0.5) is 0 Å². The number of carbonyl (C=O) groups excluding carboxylic acids is 1. The van der Waals surface area contributed by atoms with Crippen molar-refractivity contribution >= 4 is 5.91 Å². The highest BCUT2D eigenvalue weighted by Gasteiger charge is 2.25. The van der Waals surface area contributed by atoms with E-state index in [1.54, 1.807) is 0 Å². The normalized spacial score (nSPS) is 14.4. The van der Waals surface area contributed by atoms with Gasteiger partial charge in [-0.2, -0.15) is 4.98 Å². The number of nitrogens with one attached hydrogen (secondary N) is 1. The van der Waals surface area contributed by atoms with Gasteiger partial charge in [0.1, 0.15) is 0 Å². The Labute approximate surface area is 152 Å². The second kappa shape index (κ2) is 7.93. The van der Waals surface area contributed by atoms with Crippen LogP contribution in [0.25, 0.3) is 11.5 Å². The molecule has 3 atom stereocenters. The zero-order valence-electron chi connectivity index (χ0n) is 14.8. The van der Waals surface area contributed by atoms with Gasteiger partial charge in [-0.05, 0) is 24.6 Å². The highest BCUT2D eigenvalue weighted by atomic mass is 16.5. The topological polar surface area (TPSA) is 94.0 Å². The summed E-state index contributed by atoms with van der Waals surface area (Å²) < 4.78 is 5.29. The van der Waals surface area contributed by atoms with E-state index in [2.05, 4.69) is 15.5 Å². The van der Waals surface area contributed by atoms with Crippen LogP contribution in [0.2, 0.25) is 0 Å². The van der Waals surface area contributed by atoms with Crippen molar-refractivity contribution in [3.8, 4) is 11.5 Å². The lowest BCUT2D eigenvalue weighted by atomic mass is 9.94. The van der Waals surface area contributed by atoms with Crippen LogP contribution in [0.3, 0.4) is 0 Å². The lowest BCUT2D eigenvalue weighted by Crippen LogP contribution is -2.37. The average molecular weight is 350 g/mol. The molecule has 1 amide bonds. The van der Waals surface area contributed by atoms with Crippen LogP contribution < -0.4 is 11.1 Å². The maximum absolute atomic E-state index is 12.5. The number of benzene rings is 2. The molecule has 2 aromatic carbocycles. The lowest BCUT2D eigenvalue weighted by Gasteiger charge is -2.21. The predicted octanol–water partition coefficient (Wildman–Crippen LogP) is 3.25. The van der Waals surface area contributed by atoms with Gasteiger partial charge in [-0.3, -0.25) is 4.79 Å². The average Bonchev–Trinajstić information content (AvgIpc) is 3.18. The second-order valence-corrected chi connectivity index (χ2v) is 6.28. The van der Waals surface area contributed by atoms with E-state index in [0.29, 0.717) is 11.7 Å². The summed E-state index contributed by atoms with van der Waals surface area (Å²) in [5.74, 6) is 0.314. The van der Waals surface area contributed by atoms with Gasteiger partial charge in [0, 0.05) is 11.6 Å². The highest BCUT2D eigenvalue weighted by Crippen LogP contribution is 2.22. The standard InChI is InChI=1S/C20H22N4O2/c1-13(17(21)15-9-5-3-6-10-15)19(25)22-14(2)18-23-20(26-24-18)16-11-7-4-8-12-16/h3-14,17H,21H2,1-2H3,(H,22,25). The number of rotatable bonds is 6. The molecule has 0 fully saturated rings. The van der Waals surface area contributed by atoms with Gasteiger partial charge >= 0.3 is 0 Å². The van der Waals surface area contributed by atoms with Crippen molar-refractivity contribution in [2.75, 3.05) is 0 Å². The Kier molecular flexibility index (Phi) is 5.43. The first kappa shape index (κ1) is 17.8. The predicted molar refractivity (Wildman–Crippen MR) is 98.8 cm³/mol.